The summed E-state index contributed by atoms with van der Waals surface area (Å²) in [5.74, 6) is 0.909. The molecule has 8 heteroatoms. The van der Waals surface area contributed by atoms with Crippen LogP contribution >= 0.6 is 0 Å². The van der Waals surface area contributed by atoms with Crippen molar-refractivity contribution in [2.45, 2.75) is 0 Å². The van der Waals surface area contributed by atoms with Crippen LogP contribution in [-0.2, 0) is 0 Å². The number of para-hydroxylation sites is 4. The van der Waals surface area contributed by atoms with Crippen molar-refractivity contribution in [3.63, 3.8) is 0 Å². The second-order valence-electron chi connectivity index (χ2n) is 12.6. The van der Waals surface area contributed by atoms with Crippen LogP contribution < -0.4 is 0 Å². The molecule has 6 aromatic carbocycles. The van der Waals surface area contributed by atoms with Crippen molar-refractivity contribution in [2.75, 3.05) is 0 Å². The number of nitriles is 2. The molecule has 0 atom stereocenters. The molecule has 0 amide bonds. The Kier molecular flexibility index (Phi) is 6.44. The highest BCUT2D eigenvalue weighted by molar-refractivity contribution is 6.11. The molecule has 0 radical (unpaired) electrons. The minimum absolute atomic E-state index is 0.247. The van der Waals surface area contributed by atoms with Crippen molar-refractivity contribution in [1.29, 1.82) is 10.5 Å². The van der Waals surface area contributed by atoms with Gasteiger partial charge in [0, 0.05) is 56.7 Å². The van der Waals surface area contributed by atoms with Gasteiger partial charge in [-0.15, -0.1) is 0 Å². The molecule has 0 spiro atoms. The number of fused-ring (bicyclic) bond motifs is 6. The summed E-state index contributed by atoms with van der Waals surface area (Å²) in [5.41, 5.74) is 8.61. The Morgan fingerprint density at radius 1 is 0.385 bits per heavy atom. The maximum absolute atomic E-state index is 10.1. The topological polar surface area (TPSA) is 93.1 Å². The molecule has 0 bridgehead atoms. The van der Waals surface area contributed by atoms with Crippen molar-refractivity contribution < 1.29 is 0 Å². The van der Waals surface area contributed by atoms with Gasteiger partial charge in [-0.25, -0.2) is 9.97 Å². The number of rotatable bonds is 5. The first-order valence-electron chi connectivity index (χ1n) is 16.9. The third-order valence-corrected chi connectivity index (χ3v) is 9.74. The molecule has 242 valence electrons. The summed E-state index contributed by atoms with van der Waals surface area (Å²) in [6, 6.07) is 54.4. The zero-order chi connectivity index (χ0) is 34.8. The van der Waals surface area contributed by atoms with E-state index in [2.05, 4.69) is 118 Å². The van der Waals surface area contributed by atoms with Crippen molar-refractivity contribution in [2.24, 2.45) is 0 Å². The second kappa shape index (κ2) is 11.4. The van der Waals surface area contributed by atoms with Gasteiger partial charge in [-0.3, -0.25) is 9.13 Å². The highest BCUT2D eigenvalue weighted by Gasteiger charge is 2.22. The van der Waals surface area contributed by atoms with Gasteiger partial charge in [-0.2, -0.15) is 10.5 Å². The molecule has 0 N–H and O–H groups in total. The molecule has 0 aliphatic rings. The molecule has 52 heavy (non-hydrogen) atoms. The number of imidazole rings is 2. The van der Waals surface area contributed by atoms with Crippen molar-refractivity contribution in [3.05, 3.63) is 169 Å². The average molecular weight is 667 g/mol. The maximum atomic E-state index is 10.1. The Hall–Kier alpha value is -7.68. The lowest BCUT2D eigenvalue weighted by Crippen LogP contribution is -2.03. The quantitative estimate of drug-likeness (QED) is 0.183. The standard InChI is InChI=1S/C44H26N8/c45-25-29-27-49(33-19-21-41-37(23-33)35-15-7-9-17-39(35)51(41)31-11-3-1-4-12-31)43(47-29)44-48-30(26-46)28-50(44)34-20-22-42-38(24-34)36-16-8-10-18-40(36)52(42)32-13-5-2-6-14-32/h1-24,27-28H. The molecule has 0 aliphatic carbocycles. The van der Waals surface area contributed by atoms with Gasteiger partial charge in [0.05, 0.1) is 22.1 Å². The first-order valence-corrected chi connectivity index (χ1v) is 16.9. The molecular formula is C44H26N8. The predicted molar refractivity (Wildman–Crippen MR) is 204 cm³/mol. The van der Waals surface area contributed by atoms with E-state index in [1.54, 1.807) is 12.4 Å². The van der Waals surface area contributed by atoms with Crippen molar-refractivity contribution in [1.82, 2.24) is 28.2 Å². The van der Waals surface area contributed by atoms with Crippen molar-refractivity contribution >= 4 is 43.6 Å². The van der Waals surface area contributed by atoms with Crippen LogP contribution in [0.5, 0.6) is 0 Å². The van der Waals surface area contributed by atoms with Crippen LogP contribution in [-0.4, -0.2) is 28.2 Å². The number of hydrogen-bond donors (Lipinski definition) is 0. The Labute approximate surface area is 297 Å². The van der Waals surface area contributed by atoms with E-state index >= 15 is 0 Å². The maximum Gasteiger partial charge on any atom is 0.182 e. The lowest BCUT2D eigenvalue weighted by Gasteiger charge is -2.12. The summed E-state index contributed by atoms with van der Waals surface area (Å²) in [6.07, 6.45) is 3.46. The van der Waals surface area contributed by atoms with E-state index in [4.69, 9.17) is 9.97 Å². The van der Waals surface area contributed by atoms with Gasteiger partial charge < -0.3 is 9.13 Å². The molecular weight excluding hydrogens is 641 g/mol. The minimum atomic E-state index is 0.247. The highest BCUT2D eigenvalue weighted by atomic mass is 15.2. The zero-order valence-electron chi connectivity index (χ0n) is 27.6. The number of aromatic nitrogens is 6. The molecule has 0 aliphatic heterocycles. The zero-order valence-corrected chi connectivity index (χ0v) is 27.6. The average Bonchev–Trinajstić information content (AvgIpc) is 3.99. The van der Waals surface area contributed by atoms with Gasteiger partial charge in [0.15, 0.2) is 23.0 Å². The molecule has 0 fully saturated rings. The normalized spacial score (nSPS) is 11.4. The minimum Gasteiger partial charge on any atom is -0.309 e. The van der Waals surface area contributed by atoms with Crippen LogP contribution in [0.4, 0.5) is 0 Å². The number of nitrogens with zero attached hydrogens (tertiary/aromatic N) is 8. The lowest BCUT2D eigenvalue weighted by atomic mass is 10.1. The van der Waals surface area contributed by atoms with E-state index in [-0.39, 0.29) is 11.4 Å². The van der Waals surface area contributed by atoms with Crippen LogP contribution in [0.1, 0.15) is 11.4 Å². The van der Waals surface area contributed by atoms with Crippen LogP contribution in [0.2, 0.25) is 0 Å². The molecule has 0 saturated heterocycles. The van der Waals surface area contributed by atoms with Gasteiger partial charge in [0.1, 0.15) is 12.1 Å². The summed E-state index contributed by atoms with van der Waals surface area (Å²) in [4.78, 5) is 9.52. The Morgan fingerprint density at radius 2 is 0.769 bits per heavy atom. The molecule has 8 nitrogen and oxygen atoms in total. The molecule has 0 saturated carbocycles. The molecule has 4 aromatic heterocycles. The smallest absolute Gasteiger partial charge is 0.182 e. The molecule has 0 unspecified atom stereocenters. The Bertz CT molecular complexity index is 2880. The van der Waals surface area contributed by atoms with E-state index < -0.39 is 0 Å². The monoisotopic (exact) mass is 666 g/mol. The van der Waals surface area contributed by atoms with Gasteiger partial charge in [0.2, 0.25) is 0 Å². The van der Waals surface area contributed by atoms with E-state index in [1.807, 2.05) is 57.7 Å². The van der Waals surface area contributed by atoms with Crippen LogP contribution in [0.3, 0.4) is 0 Å². The van der Waals surface area contributed by atoms with Crippen LogP contribution in [0, 0.1) is 22.7 Å². The van der Waals surface area contributed by atoms with E-state index in [9.17, 15) is 10.5 Å². The van der Waals surface area contributed by atoms with E-state index in [0.29, 0.717) is 11.6 Å². The third kappa shape index (κ3) is 4.39. The fourth-order valence-corrected chi connectivity index (χ4v) is 7.51. The van der Waals surface area contributed by atoms with Gasteiger partial charge in [0.25, 0.3) is 0 Å². The predicted octanol–water partition coefficient (Wildman–Crippen LogP) is 9.66. The van der Waals surface area contributed by atoms with Gasteiger partial charge in [-0.05, 0) is 72.8 Å². The Morgan fingerprint density at radius 3 is 1.19 bits per heavy atom. The van der Waals surface area contributed by atoms with Crippen LogP contribution in [0.25, 0.3) is 78.0 Å². The highest BCUT2D eigenvalue weighted by Crippen LogP contribution is 2.36. The number of benzene rings is 6. The van der Waals surface area contributed by atoms with E-state index in [0.717, 1.165) is 66.4 Å². The molecule has 4 heterocycles. The summed E-state index contributed by atoms with van der Waals surface area (Å²) in [6.45, 7) is 0. The largest absolute Gasteiger partial charge is 0.309 e. The Balaban J connectivity index is 1.17. The first-order chi connectivity index (χ1) is 25.7. The summed E-state index contributed by atoms with van der Waals surface area (Å²) < 4.78 is 8.32. The fourth-order valence-electron chi connectivity index (χ4n) is 7.51. The van der Waals surface area contributed by atoms with Crippen molar-refractivity contribution in [3.8, 4) is 46.5 Å². The van der Waals surface area contributed by atoms with Gasteiger partial charge in [-0.1, -0.05) is 72.8 Å². The summed E-state index contributed by atoms with van der Waals surface area (Å²) >= 11 is 0. The fraction of sp³-hybridized carbons (Fsp3) is 0. The third-order valence-electron chi connectivity index (χ3n) is 9.74. The number of hydrogen-bond acceptors (Lipinski definition) is 4. The van der Waals surface area contributed by atoms with Crippen LogP contribution in [0.15, 0.2) is 158 Å². The first kappa shape index (κ1) is 29.3. The van der Waals surface area contributed by atoms with E-state index in [1.165, 1.54) is 0 Å². The summed E-state index contributed by atoms with van der Waals surface area (Å²) in [5, 5.41) is 24.5. The second-order valence-corrected chi connectivity index (χ2v) is 12.6. The lowest BCUT2D eigenvalue weighted by molar-refractivity contribution is 0.989. The molecule has 10 aromatic rings. The summed E-state index contributed by atoms with van der Waals surface area (Å²) in [7, 11) is 0. The molecule has 10 rings (SSSR count). The SMILES string of the molecule is N#Cc1cn(-c2ccc3c(c2)c2ccccc2n3-c2ccccc2)c(-c2nc(C#N)cn2-c2ccc3c(c2)c2ccccc2n3-c2ccccc2)n1. The van der Waals surface area contributed by atoms with Gasteiger partial charge >= 0.3 is 0 Å².